The highest BCUT2D eigenvalue weighted by Gasteiger charge is 2.34. The Kier molecular flexibility index (Phi) is 4.78. The molecule has 11 heteroatoms. The second-order valence-electron chi connectivity index (χ2n) is 7.03. The first-order chi connectivity index (χ1) is 14.3. The lowest BCUT2D eigenvalue weighted by Crippen LogP contribution is -2.33. The van der Waals surface area contributed by atoms with Gasteiger partial charge in [-0.3, -0.25) is 24.4 Å². The van der Waals surface area contributed by atoms with Crippen molar-refractivity contribution in [3.8, 4) is 0 Å². The van der Waals surface area contributed by atoms with Crippen LogP contribution in [0.2, 0.25) is 0 Å². The van der Waals surface area contributed by atoms with E-state index in [-0.39, 0.29) is 28.7 Å². The van der Waals surface area contributed by atoms with Crippen LogP contribution in [0.4, 0.5) is 17.1 Å². The number of nitrogens with one attached hydrogen (secondary N) is 1. The Morgan fingerprint density at radius 1 is 1.33 bits per heavy atom. The minimum Gasteiger partial charge on any atom is -0.368 e. The lowest BCUT2D eigenvalue weighted by Gasteiger charge is -2.16. The van der Waals surface area contributed by atoms with Crippen LogP contribution < -0.4 is 10.2 Å². The van der Waals surface area contributed by atoms with Crippen LogP contribution in [0.15, 0.2) is 43.0 Å². The number of amides is 1. The molecule has 3 heterocycles. The van der Waals surface area contributed by atoms with E-state index < -0.39 is 16.7 Å². The molecule has 1 aliphatic rings. The smallest absolute Gasteiger partial charge is 0.293 e. The van der Waals surface area contributed by atoms with Gasteiger partial charge < -0.3 is 14.8 Å². The maximum atomic E-state index is 12.8. The van der Waals surface area contributed by atoms with Gasteiger partial charge in [0.2, 0.25) is 11.7 Å². The zero-order valence-electron chi connectivity index (χ0n) is 16.3. The van der Waals surface area contributed by atoms with Gasteiger partial charge >= 0.3 is 0 Å². The molecule has 154 valence electrons. The van der Waals surface area contributed by atoms with Crippen molar-refractivity contribution in [2.75, 3.05) is 16.8 Å². The van der Waals surface area contributed by atoms with E-state index in [1.165, 1.54) is 24.4 Å². The molecule has 0 radical (unpaired) electrons. The number of hydrogen-bond donors (Lipinski definition) is 1. The van der Waals surface area contributed by atoms with E-state index in [0.29, 0.717) is 18.7 Å². The number of aryl methyl sites for hydroxylation is 2. The van der Waals surface area contributed by atoms with E-state index in [0.717, 1.165) is 0 Å². The second kappa shape index (κ2) is 7.43. The van der Waals surface area contributed by atoms with Gasteiger partial charge in [0.25, 0.3) is 5.69 Å². The zero-order chi connectivity index (χ0) is 21.4. The summed E-state index contributed by atoms with van der Waals surface area (Å²) >= 11 is 0. The lowest BCUT2D eigenvalue weighted by atomic mass is 10.1. The molecule has 1 N–H and O–H groups in total. The SMILES string of the molecule is Cn1cc(N2CCC(Nc3ccc(C(=O)c4nccn4C)cc3[N+](=O)[O-])C2=O)cn1. The fourth-order valence-corrected chi connectivity index (χ4v) is 3.47. The van der Waals surface area contributed by atoms with Gasteiger partial charge in [0.05, 0.1) is 16.8 Å². The first-order valence-corrected chi connectivity index (χ1v) is 9.22. The number of nitro groups is 1. The molecular formula is C19H19N7O4. The number of carbonyl (C=O) groups is 2. The van der Waals surface area contributed by atoms with Crippen LogP contribution in [0.25, 0.3) is 0 Å². The Morgan fingerprint density at radius 2 is 2.13 bits per heavy atom. The van der Waals surface area contributed by atoms with Crippen molar-refractivity contribution >= 4 is 28.8 Å². The van der Waals surface area contributed by atoms with Crippen molar-refractivity contribution in [1.29, 1.82) is 0 Å². The third-order valence-corrected chi connectivity index (χ3v) is 5.02. The van der Waals surface area contributed by atoms with Crippen molar-refractivity contribution in [3.05, 3.63) is 64.5 Å². The van der Waals surface area contributed by atoms with Crippen LogP contribution in [-0.4, -0.2) is 48.5 Å². The normalized spacial score (nSPS) is 16.1. The number of carbonyl (C=O) groups excluding carboxylic acids is 2. The fourth-order valence-electron chi connectivity index (χ4n) is 3.47. The molecule has 4 rings (SSSR count). The van der Waals surface area contributed by atoms with Crippen molar-refractivity contribution in [2.24, 2.45) is 14.1 Å². The van der Waals surface area contributed by atoms with Crippen molar-refractivity contribution in [1.82, 2.24) is 19.3 Å². The topological polar surface area (TPSA) is 128 Å². The summed E-state index contributed by atoms with van der Waals surface area (Å²) in [5.41, 5.74) is 0.735. The summed E-state index contributed by atoms with van der Waals surface area (Å²) in [7, 11) is 3.43. The number of nitrogens with zero attached hydrogens (tertiary/aromatic N) is 6. The van der Waals surface area contributed by atoms with Crippen LogP contribution in [0.1, 0.15) is 22.6 Å². The van der Waals surface area contributed by atoms with Gasteiger partial charge in [-0.25, -0.2) is 4.98 Å². The highest BCUT2D eigenvalue weighted by molar-refractivity contribution is 6.07. The molecule has 1 aliphatic heterocycles. The molecule has 0 bridgehead atoms. The standard InChI is InChI=1S/C19H19N7O4/c1-23-8-6-20-18(23)17(27)12-3-4-14(16(9-12)26(29)30)22-15-5-7-25(19(15)28)13-10-21-24(2)11-13/h3-4,6,8-11,15,22H,5,7H2,1-2H3. The van der Waals surface area contributed by atoms with Gasteiger partial charge in [-0.2, -0.15) is 5.10 Å². The number of anilines is 2. The molecule has 3 aromatic rings. The van der Waals surface area contributed by atoms with E-state index in [4.69, 9.17) is 0 Å². The molecule has 11 nitrogen and oxygen atoms in total. The molecule has 1 amide bonds. The van der Waals surface area contributed by atoms with Crippen molar-refractivity contribution < 1.29 is 14.5 Å². The number of rotatable bonds is 6. The predicted molar refractivity (Wildman–Crippen MR) is 107 cm³/mol. The molecule has 1 aromatic carbocycles. The average Bonchev–Trinajstić information content (AvgIpc) is 3.42. The van der Waals surface area contributed by atoms with Gasteiger partial charge in [0.1, 0.15) is 11.7 Å². The quantitative estimate of drug-likeness (QED) is 0.371. The molecule has 1 fully saturated rings. The zero-order valence-corrected chi connectivity index (χ0v) is 16.3. The number of hydrogen-bond acceptors (Lipinski definition) is 7. The third kappa shape index (κ3) is 3.41. The minimum atomic E-state index is -0.611. The summed E-state index contributed by atoms with van der Waals surface area (Å²) in [5, 5.41) is 18.7. The summed E-state index contributed by atoms with van der Waals surface area (Å²) in [6.07, 6.45) is 6.93. The van der Waals surface area contributed by atoms with Crippen LogP contribution >= 0.6 is 0 Å². The molecule has 1 saturated heterocycles. The summed E-state index contributed by atoms with van der Waals surface area (Å²) in [6, 6.07) is 3.54. The number of imidazole rings is 1. The van der Waals surface area contributed by atoms with Crippen LogP contribution in [0.5, 0.6) is 0 Å². The number of aromatic nitrogens is 4. The van der Waals surface area contributed by atoms with Crippen molar-refractivity contribution in [2.45, 2.75) is 12.5 Å². The number of ketones is 1. The minimum absolute atomic E-state index is 0.149. The Labute approximate surface area is 171 Å². The summed E-state index contributed by atoms with van der Waals surface area (Å²) < 4.78 is 3.15. The summed E-state index contributed by atoms with van der Waals surface area (Å²) in [5.74, 6) is -0.426. The third-order valence-electron chi connectivity index (χ3n) is 5.02. The summed E-state index contributed by atoms with van der Waals surface area (Å²) in [6.45, 7) is 0.478. The Bertz CT molecular complexity index is 1150. The van der Waals surface area contributed by atoms with Crippen LogP contribution in [0.3, 0.4) is 0 Å². The van der Waals surface area contributed by atoms with Gasteiger partial charge in [0.15, 0.2) is 5.82 Å². The van der Waals surface area contributed by atoms with E-state index in [2.05, 4.69) is 15.4 Å². The van der Waals surface area contributed by atoms with Gasteiger partial charge in [-0.05, 0) is 18.6 Å². The maximum absolute atomic E-state index is 12.8. The molecule has 0 spiro atoms. The molecule has 0 aliphatic carbocycles. The summed E-state index contributed by atoms with van der Waals surface area (Å²) in [4.78, 5) is 42.0. The van der Waals surface area contributed by atoms with Crippen LogP contribution in [0, 0.1) is 10.1 Å². The predicted octanol–water partition coefficient (Wildman–Crippen LogP) is 1.51. The molecule has 2 aromatic heterocycles. The monoisotopic (exact) mass is 409 g/mol. The molecular weight excluding hydrogens is 390 g/mol. The Morgan fingerprint density at radius 3 is 2.77 bits per heavy atom. The van der Waals surface area contributed by atoms with E-state index in [9.17, 15) is 19.7 Å². The van der Waals surface area contributed by atoms with E-state index in [1.54, 1.807) is 46.8 Å². The van der Waals surface area contributed by atoms with E-state index >= 15 is 0 Å². The Balaban J connectivity index is 1.57. The highest BCUT2D eigenvalue weighted by atomic mass is 16.6. The molecule has 0 saturated carbocycles. The van der Waals surface area contributed by atoms with Gasteiger partial charge in [0, 0.05) is 50.9 Å². The fraction of sp³-hybridized carbons (Fsp3) is 0.263. The molecule has 30 heavy (non-hydrogen) atoms. The molecule has 1 unspecified atom stereocenters. The number of benzene rings is 1. The molecule has 1 atom stereocenters. The highest BCUT2D eigenvalue weighted by Crippen LogP contribution is 2.30. The average molecular weight is 409 g/mol. The van der Waals surface area contributed by atoms with E-state index in [1.807, 2.05) is 0 Å². The lowest BCUT2D eigenvalue weighted by molar-refractivity contribution is -0.384. The van der Waals surface area contributed by atoms with Gasteiger partial charge in [-0.15, -0.1) is 0 Å². The first-order valence-electron chi connectivity index (χ1n) is 9.22. The number of nitro benzene ring substituents is 1. The van der Waals surface area contributed by atoms with Gasteiger partial charge in [-0.1, -0.05) is 0 Å². The largest absolute Gasteiger partial charge is 0.368 e. The maximum Gasteiger partial charge on any atom is 0.293 e. The van der Waals surface area contributed by atoms with Crippen molar-refractivity contribution in [3.63, 3.8) is 0 Å². The first kappa shape index (κ1) is 19.3. The van der Waals surface area contributed by atoms with Crippen LogP contribution in [-0.2, 0) is 18.9 Å². The Hall–Kier alpha value is -4.02. The second-order valence-corrected chi connectivity index (χ2v) is 7.03.